The van der Waals surface area contributed by atoms with Crippen molar-refractivity contribution in [1.29, 1.82) is 0 Å². The molecule has 1 N–H and O–H groups in total. The number of nitrogens with one attached hydrogen (secondary N) is 1. The standard InChI is InChI=1S/C17H15NO4S3/c1-22-13-5-2-3-7-16(13)25(20,21)18-11-12-8-9-15(24-12)17(19)14-6-4-10-23-14/h2-10,18H,11H2,1H3. The van der Waals surface area contributed by atoms with Gasteiger partial charge in [0.25, 0.3) is 0 Å². The third-order valence-electron chi connectivity index (χ3n) is 3.43. The highest BCUT2D eigenvalue weighted by molar-refractivity contribution is 7.89. The summed E-state index contributed by atoms with van der Waals surface area (Å²) in [5, 5.41) is 1.85. The Morgan fingerprint density at radius 3 is 2.60 bits per heavy atom. The van der Waals surface area contributed by atoms with E-state index in [1.165, 1.54) is 35.8 Å². The van der Waals surface area contributed by atoms with Crippen LogP contribution in [0.2, 0.25) is 0 Å². The molecule has 2 aromatic heterocycles. The van der Waals surface area contributed by atoms with Crippen molar-refractivity contribution >= 4 is 38.5 Å². The third-order valence-corrected chi connectivity index (χ3v) is 6.82. The summed E-state index contributed by atoms with van der Waals surface area (Å²) in [5.41, 5.74) is 0. The number of rotatable bonds is 7. The molecule has 0 atom stereocenters. The Labute approximate surface area is 154 Å². The number of benzene rings is 1. The molecule has 5 nitrogen and oxygen atoms in total. The number of para-hydroxylation sites is 1. The van der Waals surface area contributed by atoms with Gasteiger partial charge in [0.1, 0.15) is 10.6 Å². The molecular formula is C17H15NO4S3. The Balaban J connectivity index is 1.73. The number of carbonyl (C=O) groups excluding carboxylic acids is 1. The normalized spacial score (nSPS) is 11.4. The van der Waals surface area contributed by atoms with Crippen LogP contribution in [0.25, 0.3) is 0 Å². The molecule has 0 fully saturated rings. The second-order valence-corrected chi connectivity index (χ2v) is 8.90. The lowest BCUT2D eigenvalue weighted by atomic mass is 10.3. The van der Waals surface area contributed by atoms with Crippen LogP contribution in [0.1, 0.15) is 19.4 Å². The number of ketones is 1. The molecule has 0 unspecified atom stereocenters. The average Bonchev–Trinajstić information content (AvgIpc) is 3.31. The molecular weight excluding hydrogens is 378 g/mol. The number of sulfonamides is 1. The van der Waals surface area contributed by atoms with Gasteiger partial charge in [0, 0.05) is 11.4 Å². The first-order chi connectivity index (χ1) is 12.0. The molecule has 0 amide bonds. The van der Waals surface area contributed by atoms with Gasteiger partial charge in [0.2, 0.25) is 15.8 Å². The zero-order chi connectivity index (χ0) is 17.9. The van der Waals surface area contributed by atoms with Crippen molar-refractivity contribution < 1.29 is 17.9 Å². The topological polar surface area (TPSA) is 72.5 Å². The van der Waals surface area contributed by atoms with Gasteiger partial charge in [-0.3, -0.25) is 4.79 Å². The van der Waals surface area contributed by atoms with Gasteiger partial charge in [0.05, 0.1) is 16.9 Å². The smallest absolute Gasteiger partial charge is 0.244 e. The van der Waals surface area contributed by atoms with E-state index in [1.54, 1.807) is 36.4 Å². The Bertz CT molecular complexity index is 975. The number of ether oxygens (including phenoxy) is 1. The first-order valence-corrected chi connectivity index (χ1v) is 10.5. The van der Waals surface area contributed by atoms with E-state index >= 15 is 0 Å². The van der Waals surface area contributed by atoms with Gasteiger partial charge >= 0.3 is 0 Å². The predicted molar refractivity (Wildman–Crippen MR) is 99.1 cm³/mol. The van der Waals surface area contributed by atoms with Crippen LogP contribution in [-0.2, 0) is 16.6 Å². The monoisotopic (exact) mass is 393 g/mol. The summed E-state index contributed by atoms with van der Waals surface area (Å²) in [6.45, 7) is 0.114. The molecule has 0 bridgehead atoms. The number of thiophene rings is 2. The minimum atomic E-state index is -3.71. The predicted octanol–water partition coefficient (Wildman–Crippen LogP) is 3.53. The molecule has 0 spiro atoms. The number of hydrogen-bond donors (Lipinski definition) is 1. The first-order valence-electron chi connectivity index (χ1n) is 7.31. The highest BCUT2D eigenvalue weighted by Gasteiger charge is 2.19. The van der Waals surface area contributed by atoms with Gasteiger partial charge in [-0.2, -0.15) is 0 Å². The van der Waals surface area contributed by atoms with Crippen molar-refractivity contribution in [2.45, 2.75) is 11.4 Å². The van der Waals surface area contributed by atoms with Crippen molar-refractivity contribution in [3.63, 3.8) is 0 Å². The summed E-state index contributed by atoms with van der Waals surface area (Å²) >= 11 is 2.67. The summed E-state index contributed by atoms with van der Waals surface area (Å²) in [7, 11) is -2.28. The van der Waals surface area contributed by atoms with Gasteiger partial charge in [-0.05, 0) is 35.7 Å². The Kier molecular flexibility index (Phi) is 5.33. The Morgan fingerprint density at radius 1 is 1.08 bits per heavy atom. The van der Waals surface area contributed by atoms with Crippen LogP contribution < -0.4 is 9.46 Å². The third kappa shape index (κ3) is 3.98. The van der Waals surface area contributed by atoms with Crippen molar-refractivity contribution in [3.8, 4) is 5.75 Å². The second kappa shape index (κ2) is 7.49. The molecule has 1 aromatic carbocycles. The fraction of sp³-hybridized carbons (Fsp3) is 0.118. The van der Waals surface area contributed by atoms with Gasteiger partial charge in [-0.25, -0.2) is 13.1 Å². The molecule has 0 aliphatic carbocycles. The molecule has 0 aliphatic rings. The van der Waals surface area contributed by atoms with Crippen molar-refractivity contribution in [2.24, 2.45) is 0 Å². The maximum atomic E-state index is 12.5. The van der Waals surface area contributed by atoms with E-state index in [0.717, 1.165) is 4.88 Å². The summed E-state index contributed by atoms with van der Waals surface area (Å²) in [4.78, 5) is 14.4. The summed E-state index contributed by atoms with van der Waals surface area (Å²) in [6.07, 6.45) is 0. The highest BCUT2D eigenvalue weighted by atomic mass is 32.2. The summed E-state index contributed by atoms with van der Waals surface area (Å²) < 4.78 is 32.6. The van der Waals surface area contributed by atoms with E-state index in [0.29, 0.717) is 9.75 Å². The van der Waals surface area contributed by atoms with Gasteiger partial charge in [-0.1, -0.05) is 18.2 Å². The molecule has 3 rings (SSSR count). The van der Waals surface area contributed by atoms with E-state index in [2.05, 4.69) is 4.72 Å². The molecule has 25 heavy (non-hydrogen) atoms. The number of hydrogen-bond acceptors (Lipinski definition) is 6. The Morgan fingerprint density at radius 2 is 1.88 bits per heavy atom. The van der Waals surface area contributed by atoms with Crippen molar-refractivity contribution in [3.05, 3.63) is 68.5 Å². The molecule has 0 aliphatic heterocycles. The van der Waals surface area contributed by atoms with E-state index in [4.69, 9.17) is 4.74 Å². The van der Waals surface area contributed by atoms with E-state index in [-0.39, 0.29) is 23.0 Å². The molecule has 0 saturated carbocycles. The van der Waals surface area contributed by atoms with Crippen LogP contribution in [0, 0.1) is 0 Å². The van der Waals surface area contributed by atoms with Crippen LogP contribution >= 0.6 is 22.7 Å². The van der Waals surface area contributed by atoms with E-state index in [9.17, 15) is 13.2 Å². The van der Waals surface area contributed by atoms with E-state index < -0.39 is 10.0 Å². The molecule has 0 radical (unpaired) electrons. The molecule has 3 aromatic rings. The minimum absolute atomic E-state index is 0.0427. The first kappa shape index (κ1) is 17.8. The summed E-state index contributed by atoms with van der Waals surface area (Å²) in [5.74, 6) is 0.244. The SMILES string of the molecule is COc1ccccc1S(=O)(=O)NCc1ccc(C(=O)c2cccs2)s1. The minimum Gasteiger partial charge on any atom is -0.495 e. The highest BCUT2D eigenvalue weighted by Crippen LogP contribution is 2.25. The quantitative estimate of drug-likeness (QED) is 0.623. The maximum Gasteiger partial charge on any atom is 0.244 e. The second-order valence-electron chi connectivity index (χ2n) is 5.05. The zero-order valence-corrected chi connectivity index (χ0v) is 15.7. The fourth-order valence-electron chi connectivity index (χ4n) is 2.21. The molecule has 2 heterocycles. The zero-order valence-electron chi connectivity index (χ0n) is 13.3. The Hall–Kier alpha value is -2.00. The van der Waals surface area contributed by atoms with Gasteiger partial charge in [0.15, 0.2) is 0 Å². The maximum absolute atomic E-state index is 12.5. The molecule has 0 saturated heterocycles. The lowest BCUT2D eigenvalue weighted by Crippen LogP contribution is -2.23. The summed E-state index contributed by atoms with van der Waals surface area (Å²) in [6, 6.07) is 13.5. The van der Waals surface area contributed by atoms with Crippen LogP contribution in [-0.4, -0.2) is 21.3 Å². The lowest BCUT2D eigenvalue weighted by Gasteiger charge is -2.09. The number of methoxy groups -OCH3 is 1. The van der Waals surface area contributed by atoms with Crippen LogP contribution in [0.4, 0.5) is 0 Å². The van der Waals surface area contributed by atoms with E-state index in [1.807, 2.05) is 11.4 Å². The number of carbonyl (C=O) groups is 1. The fourth-order valence-corrected chi connectivity index (χ4v) is 5.12. The van der Waals surface area contributed by atoms with Crippen LogP contribution in [0.3, 0.4) is 0 Å². The van der Waals surface area contributed by atoms with Crippen LogP contribution in [0.5, 0.6) is 5.75 Å². The van der Waals surface area contributed by atoms with Crippen molar-refractivity contribution in [1.82, 2.24) is 4.72 Å². The van der Waals surface area contributed by atoms with Gasteiger partial charge in [-0.15, -0.1) is 22.7 Å². The van der Waals surface area contributed by atoms with Crippen LogP contribution in [0.15, 0.2) is 58.8 Å². The molecule has 130 valence electrons. The lowest BCUT2D eigenvalue weighted by molar-refractivity contribution is 0.104. The van der Waals surface area contributed by atoms with Gasteiger partial charge < -0.3 is 4.74 Å². The van der Waals surface area contributed by atoms with Crippen molar-refractivity contribution in [2.75, 3.05) is 7.11 Å². The molecule has 8 heteroatoms. The largest absolute Gasteiger partial charge is 0.495 e. The average molecular weight is 394 g/mol.